The van der Waals surface area contributed by atoms with Crippen molar-refractivity contribution in [2.24, 2.45) is 5.10 Å². The lowest BCUT2D eigenvalue weighted by Crippen LogP contribution is -2.40. The van der Waals surface area contributed by atoms with E-state index in [1.54, 1.807) is 54.6 Å². The van der Waals surface area contributed by atoms with Crippen LogP contribution in [0.25, 0.3) is 0 Å². The van der Waals surface area contributed by atoms with Gasteiger partial charge in [-0.3, -0.25) is 9.10 Å². The minimum atomic E-state index is -4.02. The molecular weight excluding hydrogens is 546 g/mol. The third kappa shape index (κ3) is 7.28. The van der Waals surface area contributed by atoms with Crippen molar-refractivity contribution in [1.29, 1.82) is 0 Å². The highest BCUT2D eigenvalue weighted by Gasteiger charge is 2.28. The topological polar surface area (TPSA) is 88.1 Å². The largest absolute Gasteiger partial charge is 0.489 e. The highest BCUT2D eigenvalue weighted by atomic mass is 35.5. The first-order valence-corrected chi connectivity index (χ1v) is 14.4. The lowest BCUT2D eigenvalue weighted by atomic mass is 10.1. The molecule has 9 heteroatoms. The number of hydrogen-bond acceptors (Lipinski definition) is 5. The standard InChI is InChI=1S/C31H30ClN3O4S/c1-22-9-16-28(17-10-22)40(37,38)35(30-18-23(2)8-11-24(30)3)20-31(36)34-33-19-25-12-14-27(15-13-25)39-21-26-6-4-5-7-29(26)32/h4-19H,20-21H2,1-3H3,(H,34,36)/b33-19-. The zero-order valence-electron chi connectivity index (χ0n) is 22.5. The Morgan fingerprint density at radius 3 is 2.30 bits per heavy atom. The number of benzene rings is 4. The molecule has 0 aliphatic heterocycles. The van der Waals surface area contributed by atoms with Gasteiger partial charge in [0.1, 0.15) is 18.9 Å². The van der Waals surface area contributed by atoms with Gasteiger partial charge in [0, 0.05) is 10.6 Å². The lowest BCUT2D eigenvalue weighted by molar-refractivity contribution is -0.119. The summed E-state index contributed by atoms with van der Waals surface area (Å²) in [5, 5.41) is 4.67. The van der Waals surface area contributed by atoms with Gasteiger partial charge in [-0.15, -0.1) is 0 Å². The molecule has 0 radical (unpaired) electrons. The van der Waals surface area contributed by atoms with Crippen LogP contribution in [0.4, 0.5) is 5.69 Å². The molecule has 4 rings (SSSR count). The molecule has 4 aromatic carbocycles. The van der Waals surface area contributed by atoms with Gasteiger partial charge in [-0.05, 0) is 86.0 Å². The van der Waals surface area contributed by atoms with Gasteiger partial charge in [0.25, 0.3) is 15.9 Å². The van der Waals surface area contributed by atoms with Gasteiger partial charge in [-0.2, -0.15) is 5.10 Å². The molecule has 0 fully saturated rings. The molecule has 0 aliphatic carbocycles. The third-order valence-electron chi connectivity index (χ3n) is 6.16. The molecule has 0 bridgehead atoms. The van der Waals surface area contributed by atoms with Gasteiger partial charge in [-0.1, -0.05) is 59.6 Å². The molecule has 0 aromatic heterocycles. The number of carbonyl (C=O) groups is 1. The van der Waals surface area contributed by atoms with Gasteiger partial charge in [0.05, 0.1) is 16.8 Å². The van der Waals surface area contributed by atoms with Gasteiger partial charge >= 0.3 is 0 Å². The summed E-state index contributed by atoms with van der Waals surface area (Å²) in [5.41, 5.74) is 7.04. The fourth-order valence-corrected chi connectivity index (χ4v) is 5.56. The molecule has 0 unspecified atom stereocenters. The molecule has 0 heterocycles. The number of hydrogen-bond donors (Lipinski definition) is 1. The predicted molar refractivity (Wildman–Crippen MR) is 160 cm³/mol. The monoisotopic (exact) mass is 575 g/mol. The molecule has 1 amide bonds. The maximum Gasteiger partial charge on any atom is 0.264 e. The van der Waals surface area contributed by atoms with Crippen LogP contribution in [0.3, 0.4) is 0 Å². The van der Waals surface area contributed by atoms with Crippen LogP contribution in [0.2, 0.25) is 5.02 Å². The first-order chi connectivity index (χ1) is 19.1. The molecule has 40 heavy (non-hydrogen) atoms. The minimum absolute atomic E-state index is 0.104. The number of nitrogens with one attached hydrogen (secondary N) is 1. The Kier molecular flexibility index (Phi) is 9.24. The summed E-state index contributed by atoms with van der Waals surface area (Å²) in [4.78, 5) is 13.0. The Hall–Kier alpha value is -4.14. The van der Waals surface area contributed by atoms with E-state index in [2.05, 4.69) is 10.5 Å². The predicted octanol–water partition coefficient (Wildman–Crippen LogP) is 6.19. The maximum absolute atomic E-state index is 13.6. The van der Waals surface area contributed by atoms with Gasteiger partial charge in [0.15, 0.2) is 0 Å². The number of anilines is 1. The summed E-state index contributed by atoms with van der Waals surface area (Å²) in [7, 11) is -4.02. The zero-order valence-corrected chi connectivity index (χ0v) is 24.0. The van der Waals surface area contributed by atoms with E-state index in [4.69, 9.17) is 16.3 Å². The summed E-state index contributed by atoms with van der Waals surface area (Å²) >= 11 is 6.17. The second kappa shape index (κ2) is 12.8. The van der Waals surface area contributed by atoms with Crippen LogP contribution in [0.5, 0.6) is 5.75 Å². The number of sulfonamides is 1. The number of amides is 1. The summed E-state index contributed by atoms with van der Waals surface area (Å²) < 4.78 is 34.2. The molecule has 4 aromatic rings. The Balaban J connectivity index is 1.44. The number of rotatable bonds is 10. The Morgan fingerprint density at radius 1 is 0.925 bits per heavy atom. The van der Waals surface area contributed by atoms with E-state index in [0.717, 1.165) is 32.1 Å². The van der Waals surface area contributed by atoms with Crippen molar-refractivity contribution < 1.29 is 17.9 Å². The van der Waals surface area contributed by atoms with E-state index >= 15 is 0 Å². The normalized spacial score (nSPS) is 11.4. The van der Waals surface area contributed by atoms with E-state index in [-0.39, 0.29) is 4.90 Å². The van der Waals surface area contributed by atoms with Crippen molar-refractivity contribution in [2.75, 3.05) is 10.8 Å². The Labute approximate surface area is 240 Å². The van der Waals surface area contributed by atoms with Crippen LogP contribution in [0, 0.1) is 20.8 Å². The summed E-state index contributed by atoms with van der Waals surface area (Å²) in [6.45, 7) is 5.46. The van der Waals surface area contributed by atoms with Crippen LogP contribution in [0.15, 0.2) is 101 Å². The average Bonchev–Trinajstić information content (AvgIpc) is 2.93. The Bertz CT molecular complexity index is 1620. The van der Waals surface area contributed by atoms with Crippen LogP contribution in [-0.2, 0) is 21.4 Å². The highest BCUT2D eigenvalue weighted by molar-refractivity contribution is 7.92. The van der Waals surface area contributed by atoms with Crippen LogP contribution >= 0.6 is 11.6 Å². The van der Waals surface area contributed by atoms with E-state index in [9.17, 15) is 13.2 Å². The fraction of sp³-hybridized carbons (Fsp3) is 0.161. The number of ether oxygens (including phenoxy) is 1. The van der Waals surface area contributed by atoms with E-state index in [1.807, 2.05) is 57.2 Å². The fourth-order valence-electron chi connectivity index (χ4n) is 3.90. The molecule has 206 valence electrons. The van der Waals surface area contributed by atoms with Gasteiger partial charge in [0.2, 0.25) is 0 Å². The Morgan fingerprint density at radius 2 is 1.60 bits per heavy atom. The van der Waals surface area contributed by atoms with Crippen LogP contribution in [0.1, 0.15) is 27.8 Å². The average molecular weight is 576 g/mol. The van der Waals surface area contributed by atoms with E-state index in [1.165, 1.54) is 6.21 Å². The molecule has 0 atom stereocenters. The number of halogens is 1. The molecule has 0 saturated carbocycles. The number of carbonyl (C=O) groups excluding carboxylic acids is 1. The first kappa shape index (κ1) is 28.9. The SMILES string of the molecule is Cc1ccc(S(=O)(=O)N(CC(=O)N/N=C\c2ccc(OCc3ccccc3Cl)cc2)c2cc(C)ccc2C)cc1. The zero-order chi connectivity index (χ0) is 28.7. The molecular formula is C31H30ClN3O4S. The number of aryl methyl sites for hydroxylation is 3. The quantitative estimate of drug-likeness (QED) is 0.180. The number of nitrogens with zero attached hydrogens (tertiary/aromatic N) is 2. The molecule has 1 N–H and O–H groups in total. The third-order valence-corrected chi connectivity index (χ3v) is 8.31. The van der Waals surface area contributed by atoms with E-state index < -0.39 is 22.5 Å². The van der Waals surface area contributed by atoms with Crippen LogP contribution in [-0.4, -0.2) is 27.1 Å². The molecule has 0 aliphatic rings. The summed E-state index contributed by atoms with van der Waals surface area (Å²) in [6.07, 6.45) is 1.48. The minimum Gasteiger partial charge on any atom is -0.489 e. The molecule has 7 nitrogen and oxygen atoms in total. The smallest absolute Gasteiger partial charge is 0.264 e. The second-order valence-electron chi connectivity index (χ2n) is 9.36. The van der Waals surface area contributed by atoms with Crippen molar-refractivity contribution in [3.8, 4) is 5.75 Å². The lowest BCUT2D eigenvalue weighted by Gasteiger charge is -2.25. The van der Waals surface area contributed by atoms with Gasteiger partial charge in [-0.25, -0.2) is 13.8 Å². The highest BCUT2D eigenvalue weighted by Crippen LogP contribution is 2.28. The van der Waals surface area contributed by atoms with Crippen LogP contribution < -0.4 is 14.5 Å². The first-order valence-electron chi connectivity index (χ1n) is 12.6. The molecule has 0 spiro atoms. The van der Waals surface area contributed by atoms with E-state index in [0.29, 0.717) is 23.1 Å². The van der Waals surface area contributed by atoms with Crippen molar-refractivity contribution in [2.45, 2.75) is 32.3 Å². The van der Waals surface area contributed by atoms with Crippen molar-refractivity contribution in [3.63, 3.8) is 0 Å². The maximum atomic E-state index is 13.6. The second-order valence-corrected chi connectivity index (χ2v) is 11.6. The summed E-state index contributed by atoms with van der Waals surface area (Å²) in [5.74, 6) is 0.0825. The summed E-state index contributed by atoms with van der Waals surface area (Å²) in [6, 6.07) is 26.7. The van der Waals surface area contributed by atoms with Gasteiger partial charge < -0.3 is 4.74 Å². The molecule has 0 saturated heterocycles. The van der Waals surface area contributed by atoms with Crippen molar-refractivity contribution in [1.82, 2.24) is 5.43 Å². The number of hydrazone groups is 1. The van der Waals surface area contributed by atoms with Crippen molar-refractivity contribution >= 4 is 39.4 Å². The van der Waals surface area contributed by atoms with Crippen molar-refractivity contribution in [3.05, 3.63) is 124 Å².